The first-order valence-corrected chi connectivity index (χ1v) is 7.06. The standard InChI is InChI=1S/C14H20N4O4/c1-10(19)17-5-4-16-9-12(8-15)13(20)18-6-2-11(3-7-18)14(21)22/h9,11,16H,2-7H2,1H3,(H,17,19)(H,21,22)/b12-9-. The van der Waals surface area contributed by atoms with E-state index in [2.05, 4.69) is 10.6 Å². The zero-order chi connectivity index (χ0) is 16.5. The fourth-order valence-electron chi connectivity index (χ4n) is 2.13. The molecule has 0 aromatic rings. The summed E-state index contributed by atoms with van der Waals surface area (Å²) in [6, 6.07) is 1.84. The van der Waals surface area contributed by atoms with Gasteiger partial charge in [0.15, 0.2) is 0 Å². The summed E-state index contributed by atoms with van der Waals surface area (Å²) in [5.41, 5.74) is -0.0309. The van der Waals surface area contributed by atoms with Crippen molar-refractivity contribution in [2.45, 2.75) is 19.8 Å². The molecule has 0 spiro atoms. The molecule has 1 heterocycles. The van der Waals surface area contributed by atoms with Gasteiger partial charge in [-0.1, -0.05) is 0 Å². The van der Waals surface area contributed by atoms with E-state index in [9.17, 15) is 14.4 Å². The van der Waals surface area contributed by atoms with Crippen LogP contribution >= 0.6 is 0 Å². The topological polar surface area (TPSA) is 123 Å². The van der Waals surface area contributed by atoms with Crippen LogP contribution in [0.15, 0.2) is 11.8 Å². The number of carboxylic acids is 1. The Kier molecular flexibility index (Phi) is 6.89. The van der Waals surface area contributed by atoms with Gasteiger partial charge in [-0.25, -0.2) is 0 Å². The van der Waals surface area contributed by atoms with E-state index >= 15 is 0 Å². The highest BCUT2D eigenvalue weighted by atomic mass is 16.4. The summed E-state index contributed by atoms with van der Waals surface area (Å²) in [5.74, 6) is -1.82. The molecule has 8 heteroatoms. The zero-order valence-electron chi connectivity index (χ0n) is 12.5. The maximum atomic E-state index is 12.2. The molecular formula is C14H20N4O4. The Labute approximate surface area is 128 Å². The van der Waals surface area contributed by atoms with Crippen LogP contribution in [0, 0.1) is 17.2 Å². The zero-order valence-corrected chi connectivity index (χ0v) is 12.5. The van der Waals surface area contributed by atoms with Crippen molar-refractivity contribution in [3.8, 4) is 6.07 Å². The number of nitrogens with zero attached hydrogens (tertiary/aromatic N) is 2. The minimum absolute atomic E-state index is 0.0309. The lowest BCUT2D eigenvalue weighted by molar-refractivity contribution is -0.145. The number of carbonyl (C=O) groups excluding carboxylic acids is 2. The highest BCUT2D eigenvalue weighted by Gasteiger charge is 2.28. The number of carboxylic acid groups (broad SMARTS) is 1. The van der Waals surface area contributed by atoms with Crippen LogP contribution in [0.2, 0.25) is 0 Å². The fraction of sp³-hybridized carbons (Fsp3) is 0.571. The molecular weight excluding hydrogens is 288 g/mol. The van der Waals surface area contributed by atoms with E-state index < -0.39 is 17.8 Å². The van der Waals surface area contributed by atoms with Gasteiger partial charge in [-0.2, -0.15) is 5.26 Å². The lowest BCUT2D eigenvalue weighted by atomic mass is 9.97. The molecule has 22 heavy (non-hydrogen) atoms. The Hall–Kier alpha value is -2.56. The van der Waals surface area contributed by atoms with Gasteiger partial charge in [-0.15, -0.1) is 0 Å². The lowest BCUT2D eigenvalue weighted by Crippen LogP contribution is -2.41. The average Bonchev–Trinajstić information content (AvgIpc) is 2.50. The van der Waals surface area contributed by atoms with Crippen LogP contribution in [-0.2, 0) is 14.4 Å². The van der Waals surface area contributed by atoms with E-state index in [0.29, 0.717) is 39.0 Å². The summed E-state index contributed by atoms with van der Waals surface area (Å²) in [5, 5.41) is 23.3. The summed E-state index contributed by atoms with van der Waals surface area (Å²) in [6.45, 7) is 2.87. The molecule has 1 saturated heterocycles. The number of hydrogen-bond donors (Lipinski definition) is 3. The number of nitriles is 1. The fourth-order valence-corrected chi connectivity index (χ4v) is 2.13. The lowest BCUT2D eigenvalue weighted by Gasteiger charge is -2.29. The van der Waals surface area contributed by atoms with E-state index in [1.165, 1.54) is 18.0 Å². The Balaban J connectivity index is 2.46. The largest absolute Gasteiger partial charge is 0.481 e. The van der Waals surface area contributed by atoms with Crippen molar-refractivity contribution in [2.24, 2.45) is 5.92 Å². The maximum Gasteiger partial charge on any atom is 0.306 e. The third-order valence-corrected chi connectivity index (χ3v) is 3.37. The first-order chi connectivity index (χ1) is 10.5. The number of aliphatic carboxylic acids is 1. The quantitative estimate of drug-likeness (QED) is 0.343. The Bertz CT molecular complexity index is 501. The summed E-state index contributed by atoms with van der Waals surface area (Å²) in [7, 11) is 0. The summed E-state index contributed by atoms with van der Waals surface area (Å²) in [4.78, 5) is 35.2. The second-order valence-electron chi connectivity index (χ2n) is 5.01. The molecule has 0 unspecified atom stereocenters. The predicted octanol–water partition coefficient (Wildman–Crippen LogP) is -0.557. The van der Waals surface area contributed by atoms with Crippen molar-refractivity contribution in [3.63, 3.8) is 0 Å². The van der Waals surface area contributed by atoms with Crippen LogP contribution < -0.4 is 10.6 Å². The van der Waals surface area contributed by atoms with Crippen molar-refractivity contribution in [1.82, 2.24) is 15.5 Å². The monoisotopic (exact) mass is 308 g/mol. The SMILES string of the molecule is CC(=O)NCCN/C=C(/C#N)C(=O)N1CCC(C(=O)O)CC1. The number of piperidine rings is 1. The van der Waals surface area contributed by atoms with Gasteiger partial charge in [-0.3, -0.25) is 14.4 Å². The van der Waals surface area contributed by atoms with Gasteiger partial charge in [0.1, 0.15) is 11.6 Å². The molecule has 2 amide bonds. The normalized spacial score (nSPS) is 15.8. The van der Waals surface area contributed by atoms with Crippen LogP contribution in [0.1, 0.15) is 19.8 Å². The summed E-state index contributed by atoms with van der Waals surface area (Å²) >= 11 is 0. The van der Waals surface area contributed by atoms with Crippen molar-refractivity contribution in [3.05, 3.63) is 11.8 Å². The number of likely N-dealkylation sites (tertiary alicyclic amines) is 1. The molecule has 0 atom stereocenters. The molecule has 0 aliphatic carbocycles. The van der Waals surface area contributed by atoms with Gasteiger partial charge in [0, 0.05) is 39.3 Å². The minimum atomic E-state index is -0.845. The molecule has 0 saturated carbocycles. The number of carbonyl (C=O) groups is 3. The first kappa shape index (κ1) is 17.5. The molecule has 1 aliphatic heterocycles. The minimum Gasteiger partial charge on any atom is -0.481 e. The number of amides is 2. The number of nitrogens with one attached hydrogen (secondary N) is 2. The van der Waals surface area contributed by atoms with E-state index in [-0.39, 0.29) is 11.5 Å². The molecule has 0 aromatic heterocycles. The molecule has 1 rings (SSSR count). The van der Waals surface area contributed by atoms with Crippen LogP contribution in [0.4, 0.5) is 0 Å². The molecule has 8 nitrogen and oxygen atoms in total. The second-order valence-corrected chi connectivity index (χ2v) is 5.01. The van der Waals surface area contributed by atoms with Crippen molar-refractivity contribution >= 4 is 17.8 Å². The Morgan fingerprint density at radius 3 is 2.45 bits per heavy atom. The highest BCUT2D eigenvalue weighted by Crippen LogP contribution is 2.18. The molecule has 1 aliphatic rings. The van der Waals surface area contributed by atoms with E-state index in [1.54, 1.807) is 0 Å². The van der Waals surface area contributed by atoms with E-state index in [1.807, 2.05) is 6.07 Å². The highest BCUT2D eigenvalue weighted by molar-refractivity contribution is 5.97. The maximum absolute atomic E-state index is 12.2. The summed E-state index contributed by atoms with van der Waals surface area (Å²) < 4.78 is 0. The Morgan fingerprint density at radius 1 is 1.32 bits per heavy atom. The average molecular weight is 308 g/mol. The molecule has 3 N–H and O–H groups in total. The van der Waals surface area contributed by atoms with Gasteiger partial charge >= 0.3 is 5.97 Å². The molecule has 1 fully saturated rings. The molecule has 0 bridgehead atoms. The van der Waals surface area contributed by atoms with E-state index in [0.717, 1.165) is 0 Å². The Morgan fingerprint density at radius 2 is 1.95 bits per heavy atom. The van der Waals surface area contributed by atoms with Gasteiger partial charge in [0.2, 0.25) is 5.91 Å². The summed E-state index contributed by atoms with van der Waals surface area (Å²) in [6.07, 6.45) is 2.12. The second kappa shape index (κ2) is 8.67. The van der Waals surface area contributed by atoms with Crippen LogP contribution in [0.5, 0.6) is 0 Å². The smallest absolute Gasteiger partial charge is 0.306 e. The molecule has 0 aromatic carbocycles. The molecule has 0 radical (unpaired) electrons. The van der Waals surface area contributed by atoms with Crippen molar-refractivity contribution in [1.29, 1.82) is 5.26 Å². The van der Waals surface area contributed by atoms with E-state index in [4.69, 9.17) is 10.4 Å². The number of rotatable bonds is 6. The van der Waals surface area contributed by atoms with Crippen molar-refractivity contribution in [2.75, 3.05) is 26.2 Å². The van der Waals surface area contributed by atoms with Gasteiger partial charge in [-0.05, 0) is 12.8 Å². The first-order valence-electron chi connectivity index (χ1n) is 7.06. The number of hydrogen-bond acceptors (Lipinski definition) is 5. The van der Waals surface area contributed by atoms with Crippen LogP contribution in [0.25, 0.3) is 0 Å². The third kappa shape index (κ3) is 5.44. The van der Waals surface area contributed by atoms with Crippen LogP contribution in [0.3, 0.4) is 0 Å². The van der Waals surface area contributed by atoms with Crippen molar-refractivity contribution < 1.29 is 19.5 Å². The molecule has 120 valence electrons. The van der Waals surface area contributed by atoms with Gasteiger partial charge < -0.3 is 20.6 Å². The van der Waals surface area contributed by atoms with Gasteiger partial charge in [0.05, 0.1) is 5.92 Å². The van der Waals surface area contributed by atoms with Crippen LogP contribution in [-0.4, -0.2) is 54.0 Å². The van der Waals surface area contributed by atoms with Gasteiger partial charge in [0.25, 0.3) is 5.91 Å². The predicted molar refractivity (Wildman–Crippen MR) is 77.3 cm³/mol. The third-order valence-electron chi connectivity index (χ3n) is 3.37.